The van der Waals surface area contributed by atoms with Crippen molar-refractivity contribution in [3.05, 3.63) is 58.1 Å². The van der Waals surface area contributed by atoms with Gasteiger partial charge in [-0.25, -0.2) is 4.79 Å². The number of halogens is 1. The van der Waals surface area contributed by atoms with Crippen molar-refractivity contribution < 1.29 is 19.1 Å². The molecule has 6 nitrogen and oxygen atoms in total. The summed E-state index contributed by atoms with van der Waals surface area (Å²) in [6, 6.07) is 11.9. The predicted octanol–water partition coefficient (Wildman–Crippen LogP) is 3.78. The number of carbonyl (C=O) groups excluding carboxylic acids is 2. The molecule has 0 unspecified atom stereocenters. The molecule has 0 heterocycles. The van der Waals surface area contributed by atoms with Crippen molar-refractivity contribution in [3.63, 3.8) is 0 Å². The van der Waals surface area contributed by atoms with E-state index in [9.17, 15) is 9.59 Å². The highest BCUT2D eigenvalue weighted by molar-refractivity contribution is 6.30. The summed E-state index contributed by atoms with van der Waals surface area (Å²) in [6.45, 7) is 4.78. The Balaban J connectivity index is 1.89. The molecule has 0 saturated heterocycles. The van der Waals surface area contributed by atoms with Gasteiger partial charge in [0.1, 0.15) is 5.75 Å². The molecule has 0 aliphatic heterocycles. The molecule has 140 valence electrons. The number of nitrogens with one attached hydrogen (secondary N) is 1. The van der Waals surface area contributed by atoms with E-state index < -0.39 is 18.0 Å². The zero-order chi connectivity index (χ0) is 20.0. The zero-order valence-electron chi connectivity index (χ0n) is 15.2. The summed E-state index contributed by atoms with van der Waals surface area (Å²) in [4.78, 5) is 24.1. The van der Waals surface area contributed by atoms with E-state index in [-0.39, 0.29) is 6.61 Å². The Labute approximate surface area is 162 Å². The number of esters is 1. The lowest BCUT2D eigenvalue weighted by atomic mass is 10.1. The number of anilines is 1. The fraction of sp³-hybridized carbons (Fsp3) is 0.250. The van der Waals surface area contributed by atoms with Crippen molar-refractivity contribution in [2.75, 3.05) is 11.9 Å². The van der Waals surface area contributed by atoms with Crippen LogP contribution >= 0.6 is 11.6 Å². The van der Waals surface area contributed by atoms with Gasteiger partial charge in [0.15, 0.2) is 12.7 Å². The molecule has 27 heavy (non-hydrogen) atoms. The van der Waals surface area contributed by atoms with Crippen molar-refractivity contribution in [2.24, 2.45) is 0 Å². The Bertz CT molecular complexity index is 882. The predicted molar refractivity (Wildman–Crippen MR) is 102 cm³/mol. The van der Waals surface area contributed by atoms with Gasteiger partial charge >= 0.3 is 5.97 Å². The Morgan fingerprint density at radius 1 is 1.22 bits per heavy atom. The molecule has 1 amide bonds. The Hall–Kier alpha value is -3.04. The van der Waals surface area contributed by atoms with Gasteiger partial charge in [-0.3, -0.25) is 4.79 Å². The van der Waals surface area contributed by atoms with E-state index in [0.717, 1.165) is 11.1 Å². The zero-order valence-corrected chi connectivity index (χ0v) is 16.0. The number of ether oxygens (including phenoxy) is 2. The normalized spacial score (nSPS) is 11.2. The second kappa shape index (κ2) is 9.06. The number of carbonyl (C=O) groups is 2. The van der Waals surface area contributed by atoms with Gasteiger partial charge < -0.3 is 14.8 Å². The van der Waals surface area contributed by atoms with Crippen LogP contribution < -0.4 is 10.1 Å². The van der Waals surface area contributed by atoms with Crippen LogP contribution in [-0.2, 0) is 14.3 Å². The lowest BCUT2D eigenvalue weighted by Gasteiger charge is -2.15. The van der Waals surface area contributed by atoms with Crippen molar-refractivity contribution in [2.45, 2.75) is 26.9 Å². The van der Waals surface area contributed by atoms with Crippen LogP contribution in [0.1, 0.15) is 23.6 Å². The largest absolute Gasteiger partial charge is 0.481 e. The summed E-state index contributed by atoms with van der Waals surface area (Å²) >= 11 is 5.96. The maximum atomic E-state index is 12.1. The fourth-order valence-corrected chi connectivity index (χ4v) is 2.78. The van der Waals surface area contributed by atoms with Gasteiger partial charge in [0.25, 0.3) is 5.91 Å². The van der Waals surface area contributed by atoms with Gasteiger partial charge in [-0.05, 0) is 62.2 Å². The molecule has 1 N–H and O–H groups in total. The minimum Gasteiger partial charge on any atom is -0.481 e. The van der Waals surface area contributed by atoms with Crippen LogP contribution in [0.5, 0.6) is 5.75 Å². The number of aryl methyl sites for hydroxylation is 2. The Kier molecular flexibility index (Phi) is 6.80. The third-order valence-corrected chi connectivity index (χ3v) is 3.91. The lowest BCUT2D eigenvalue weighted by Crippen LogP contribution is -2.31. The van der Waals surface area contributed by atoms with Crippen molar-refractivity contribution in [1.82, 2.24) is 0 Å². The highest BCUT2D eigenvalue weighted by atomic mass is 35.5. The SMILES string of the molecule is Cc1cc(Cl)cc(C)c1OCC(=O)O[C@H](C)C(=O)Nc1cccc(C#N)c1. The van der Waals surface area contributed by atoms with E-state index in [1.807, 2.05) is 19.9 Å². The van der Waals surface area contributed by atoms with Gasteiger partial charge in [-0.1, -0.05) is 17.7 Å². The number of nitrogens with zero attached hydrogens (tertiary/aromatic N) is 1. The third kappa shape index (κ3) is 5.73. The molecule has 0 radical (unpaired) electrons. The van der Waals surface area contributed by atoms with E-state index in [2.05, 4.69) is 5.32 Å². The summed E-state index contributed by atoms with van der Waals surface area (Å²) in [5.74, 6) is -0.615. The summed E-state index contributed by atoms with van der Waals surface area (Å²) in [6.07, 6.45) is -1.01. The summed E-state index contributed by atoms with van der Waals surface area (Å²) in [5.41, 5.74) is 2.47. The number of rotatable bonds is 6. The Morgan fingerprint density at radius 2 is 1.89 bits per heavy atom. The smallest absolute Gasteiger partial charge is 0.344 e. The highest BCUT2D eigenvalue weighted by Gasteiger charge is 2.19. The van der Waals surface area contributed by atoms with Crippen LogP contribution in [0.2, 0.25) is 5.02 Å². The van der Waals surface area contributed by atoms with Crippen LogP contribution in [0.4, 0.5) is 5.69 Å². The number of hydrogen-bond acceptors (Lipinski definition) is 5. The van der Waals surface area contributed by atoms with E-state index >= 15 is 0 Å². The van der Waals surface area contributed by atoms with Gasteiger partial charge in [0.05, 0.1) is 11.6 Å². The van der Waals surface area contributed by atoms with Gasteiger partial charge in [0.2, 0.25) is 0 Å². The van der Waals surface area contributed by atoms with Gasteiger partial charge in [-0.2, -0.15) is 5.26 Å². The first-order chi connectivity index (χ1) is 12.8. The molecule has 1 atom stereocenters. The van der Waals surface area contributed by atoms with Crippen molar-refractivity contribution in [3.8, 4) is 11.8 Å². The average Bonchev–Trinajstić information content (AvgIpc) is 2.60. The fourth-order valence-electron chi connectivity index (χ4n) is 2.45. The first kappa shape index (κ1) is 20.3. The monoisotopic (exact) mass is 386 g/mol. The molecule has 2 aromatic carbocycles. The molecule has 0 spiro atoms. The number of amides is 1. The van der Waals surface area contributed by atoms with Crippen LogP contribution in [-0.4, -0.2) is 24.6 Å². The lowest BCUT2D eigenvalue weighted by molar-refractivity contribution is -0.155. The molecule has 0 bridgehead atoms. The van der Waals surface area contributed by atoms with Crippen molar-refractivity contribution >= 4 is 29.2 Å². The molecule has 7 heteroatoms. The third-order valence-electron chi connectivity index (χ3n) is 3.70. The second-order valence-electron chi connectivity index (χ2n) is 5.97. The highest BCUT2D eigenvalue weighted by Crippen LogP contribution is 2.27. The van der Waals surface area contributed by atoms with Crippen LogP contribution in [0.25, 0.3) is 0 Å². The first-order valence-corrected chi connectivity index (χ1v) is 8.58. The molecular formula is C20H19ClN2O4. The van der Waals surface area contributed by atoms with E-state index in [4.69, 9.17) is 26.3 Å². The number of benzene rings is 2. The molecule has 0 fully saturated rings. The van der Waals surface area contributed by atoms with E-state index in [1.54, 1.807) is 30.3 Å². The minimum absolute atomic E-state index is 0.329. The Morgan fingerprint density at radius 3 is 2.52 bits per heavy atom. The number of nitriles is 1. The van der Waals surface area contributed by atoms with Crippen LogP contribution in [0.3, 0.4) is 0 Å². The summed E-state index contributed by atoms with van der Waals surface area (Å²) in [7, 11) is 0. The molecule has 0 aromatic heterocycles. The number of hydrogen-bond donors (Lipinski definition) is 1. The minimum atomic E-state index is -1.01. The molecule has 2 aromatic rings. The summed E-state index contributed by atoms with van der Waals surface area (Å²) in [5, 5.41) is 12.1. The summed E-state index contributed by atoms with van der Waals surface area (Å²) < 4.78 is 10.6. The average molecular weight is 387 g/mol. The van der Waals surface area contributed by atoms with E-state index in [0.29, 0.717) is 22.0 Å². The molecule has 0 aliphatic rings. The molecule has 2 rings (SSSR count). The maximum Gasteiger partial charge on any atom is 0.344 e. The van der Waals surface area contributed by atoms with E-state index in [1.165, 1.54) is 13.0 Å². The van der Waals surface area contributed by atoms with Gasteiger partial charge in [0, 0.05) is 10.7 Å². The standard InChI is InChI=1S/C20H19ClN2O4/c1-12-7-16(21)8-13(2)19(12)26-11-18(24)27-14(3)20(25)23-17-6-4-5-15(9-17)10-22/h4-9,14H,11H2,1-3H3,(H,23,25)/t14-/m1/s1. The molecule has 0 saturated carbocycles. The van der Waals surface area contributed by atoms with Gasteiger partial charge in [-0.15, -0.1) is 0 Å². The first-order valence-electron chi connectivity index (χ1n) is 8.20. The maximum absolute atomic E-state index is 12.1. The second-order valence-corrected chi connectivity index (χ2v) is 6.41. The quantitative estimate of drug-likeness (QED) is 0.763. The van der Waals surface area contributed by atoms with Crippen LogP contribution in [0.15, 0.2) is 36.4 Å². The molecular weight excluding hydrogens is 368 g/mol. The molecule has 0 aliphatic carbocycles. The topological polar surface area (TPSA) is 88.4 Å². The van der Waals surface area contributed by atoms with Crippen LogP contribution in [0, 0.1) is 25.2 Å². The van der Waals surface area contributed by atoms with Crippen molar-refractivity contribution in [1.29, 1.82) is 5.26 Å².